The largest absolute Gasteiger partial charge is 0.0958 e. The molecular weight excluding hydrogens is 1070 g/mol. The van der Waals surface area contributed by atoms with Gasteiger partial charge in [0, 0.05) is 0 Å². The first kappa shape index (κ1) is 67.7. The van der Waals surface area contributed by atoms with Crippen LogP contribution in [0.2, 0.25) is 145 Å². The molecular formula is C70H126Si8. The molecule has 0 aliphatic rings. The van der Waals surface area contributed by atoms with Crippen LogP contribution in [0.3, 0.4) is 0 Å². The van der Waals surface area contributed by atoms with Crippen LogP contribution >= 0.6 is 0 Å². The fourth-order valence-electron chi connectivity index (χ4n) is 19.8. The number of hydrogen-bond donors (Lipinski definition) is 0. The van der Waals surface area contributed by atoms with Crippen molar-refractivity contribution in [3.05, 3.63) is 36.4 Å². The summed E-state index contributed by atoms with van der Waals surface area (Å²) in [4.78, 5) is 0. The molecule has 0 fully saturated rings. The molecule has 5 aromatic carbocycles. The summed E-state index contributed by atoms with van der Waals surface area (Å²) < 4.78 is 0. The predicted molar refractivity (Wildman–Crippen MR) is 391 cm³/mol. The lowest BCUT2D eigenvalue weighted by atomic mass is 9.96. The van der Waals surface area contributed by atoms with Crippen LogP contribution in [0, 0.1) is 0 Å². The Morgan fingerprint density at radius 3 is 0.372 bits per heavy atom. The van der Waals surface area contributed by atoms with Gasteiger partial charge in [-0.25, -0.2) is 0 Å². The lowest BCUT2D eigenvalue weighted by Crippen LogP contribution is -2.62. The average Bonchev–Trinajstić information content (AvgIpc) is 3.24. The standard InChI is InChI=1S/C70H126Si8/c1-43(2)75(44(3)4,45(5)6)67-55-37-57-58(38-56(55)68(76(46(7)8,47(9)10)48(11)12)60-40-64(72(28,29)30)63(39-59(60)67)71(25,26)27)70(78(52(19)20,53(21)22)54(23)24)62-42-66(74(34,35)36)65(73(31,32)33)41-61(62)69(57)77(49(13)14,50(15)16)51(17)18/h37-54H,1-36H3. The van der Waals surface area contributed by atoms with Crippen LogP contribution in [-0.4, -0.2) is 64.6 Å². The minimum Gasteiger partial charge on any atom is -0.0656 e. The molecule has 0 radical (unpaired) electrons. The highest BCUT2D eigenvalue weighted by molar-refractivity contribution is 7.05. The number of benzene rings is 5. The van der Waals surface area contributed by atoms with Crippen molar-refractivity contribution in [1.29, 1.82) is 0 Å². The third kappa shape index (κ3) is 10.3. The Bertz CT molecular complexity index is 2500. The van der Waals surface area contributed by atoms with E-state index in [4.69, 9.17) is 0 Å². The third-order valence-corrected chi connectivity index (χ3v) is 59.2. The van der Waals surface area contributed by atoms with E-state index in [1.54, 1.807) is 63.8 Å². The van der Waals surface area contributed by atoms with Crippen molar-refractivity contribution in [3.8, 4) is 0 Å². The van der Waals surface area contributed by atoms with Gasteiger partial charge in [0.05, 0.1) is 64.6 Å². The summed E-state index contributed by atoms with van der Waals surface area (Å²) in [6, 6.07) is 18.1. The molecule has 0 heterocycles. The quantitative estimate of drug-likeness (QED) is 0.0538. The number of fused-ring (bicyclic) bond motifs is 4. The van der Waals surface area contributed by atoms with Gasteiger partial charge >= 0.3 is 0 Å². The molecule has 0 amide bonds. The van der Waals surface area contributed by atoms with Gasteiger partial charge in [-0.2, -0.15) is 0 Å². The van der Waals surface area contributed by atoms with E-state index in [-0.39, 0.29) is 0 Å². The summed E-state index contributed by atoms with van der Waals surface area (Å²) in [5.41, 5.74) is 6.88. The monoisotopic (exact) mass is 1190 g/mol. The fraction of sp³-hybridized carbons (Fsp3) is 0.686. The first-order valence-corrected chi connectivity index (χ1v) is 55.2. The number of hydrogen-bond acceptors (Lipinski definition) is 0. The van der Waals surface area contributed by atoms with Gasteiger partial charge in [0.2, 0.25) is 0 Å². The van der Waals surface area contributed by atoms with E-state index in [9.17, 15) is 0 Å². The summed E-state index contributed by atoms with van der Waals surface area (Å²) >= 11 is 0. The molecule has 5 aromatic rings. The van der Waals surface area contributed by atoms with E-state index >= 15 is 0 Å². The van der Waals surface area contributed by atoms with Gasteiger partial charge in [0.25, 0.3) is 0 Å². The maximum Gasteiger partial charge on any atom is 0.0958 e. The zero-order valence-corrected chi connectivity index (χ0v) is 66.4. The Hall–Kier alpha value is -1.12. The molecule has 0 N–H and O–H groups in total. The second kappa shape index (κ2) is 22.7. The molecule has 0 saturated heterocycles. The molecule has 0 nitrogen and oxygen atoms in total. The summed E-state index contributed by atoms with van der Waals surface area (Å²) in [6.45, 7) is 96.3. The van der Waals surface area contributed by atoms with E-state index in [0.717, 1.165) is 0 Å². The molecule has 5 rings (SSSR count). The fourth-order valence-corrected chi connectivity index (χ4v) is 58.5. The summed E-state index contributed by atoms with van der Waals surface area (Å²) in [7, 11) is -17.0. The smallest absolute Gasteiger partial charge is 0.0656 e. The highest BCUT2D eigenvalue weighted by Crippen LogP contribution is 2.51. The van der Waals surface area contributed by atoms with Crippen LogP contribution in [0.25, 0.3) is 43.1 Å². The normalized spacial score (nSPS) is 14.8. The van der Waals surface area contributed by atoms with Crippen molar-refractivity contribution in [2.24, 2.45) is 0 Å². The molecule has 0 aromatic heterocycles. The molecule has 438 valence electrons. The summed E-state index contributed by atoms with van der Waals surface area (Å²) in [6.07, 6.45) is 0. The maximum atomic E-state index is 3.09. The topological polar surface area (TPSA) is 0 Å². The molecule has 78 heavy (non-hydrogen) atoms. The third-order valence-electron chi connectivity index (χ3n) is 22.1. The van der Waals surface area contributed by atoms with Crippen LogP contribution in [0.1, 0.15) is 166 Å². The van der Waals surface area contributed by atoms with E-state index in [1.165, 1.54) is 0 Å². The molecule has 0 spiro atoms. The van der Waals surface area contributed by atoms with Gasteiger partial charge in [0.15, 0.2) is 0 Å². The Balaban J connectivity index is 2.72. The van der Waals surface area contributed by atoms with Crippen LogP contribution in [-0.2, 0) is 0 Å². The SMILES string of the molecule is CC(C)[Si](c1c2cc([Si](C)(C)C)c([Si](C)(C)C)cc2c([Si](C(C)C)(C(C)C)C(C)C)c2cc3c([Si](C(C)C)(C(C)C)C(C)C)c4cc([Si](C)(C)C)c([Si](C)(C)C)cc4c([Si](C(C)C)(C(C)C)C(C)C)c3cc12)(C(C)C)C(C)C. The van der Waals surface area contributed by atoms with Crippen molar-refractivity contribution in [3.63, 3.8) is 0 Å². The predicted octanol–water partition coefficient (Wildman–Crippen LogP) is 20.0. The lowest BCUT2D eigenvalue weighted by molar-refractivity contribution is 0.835. The van der Waals surface area contributed by atoms with E-state index in [1.807, 2.05) is 20.7 Å². The lowest BCUT2D eigenvalue weighted by Gasteiger charge is -2.50. The first-order chi connectivity index (χ1) is 35.2. The minimum atomic E-state index is -2.41. The van der Waals surface area contributed by atoms with Crippen molar-refractivity contribution in [2.75, 3.05) is 0 Å². The Morgan fingerprint density at radius 2 is 0.282 bits per heavy atom. The van der Waals surface area contributed by atoms with Gasteiger partial charge in [-0.15, -0.1) is 0 Å². The molecule has 0 atom stereocenters. The zero-order chi connectivity index (χ0) is 60.4. The van der Waals surface area contributed by atoms with Gasteiger partial charge < -0.3 is 0 Å². The molecule has 0 aliphatic carbocycles. The van der Waals surface area contributed by atoms with Crippen LogP contribution in [0.15, 0.2) is 36.4 Å². The van der Waals surface area contributed by atoms with Gasteiger partial charge in [-0.1, -0.05) is 290 Å². The Labute approximate surface area is 493 Å². The molecule has 0 unspecified atom stereocenters. The molecule has 0 bridgehead atoms. The van der Waals surface area contributed by atoms with Crippen LogP contribution in [0.5, 0.6) is 0 Å². The second-order valence-electron chi connectivity index (χ2n) is 33.9. The zero-order valence-electron chi connectivity index (χ0n) is 58.4. The van der Waals surface area contributed by atoms with E-state index in [2.05, 4.69) is 281 Å². The second-order valence-corrected chi connectivity index (χ2v) is 77.4. The Kier molecular flexibility index (Phi) is 19.7. The van der Waals surface area contributed by atoms with E-state index in [0.29, 0.717) is 66.5 Å². The highest BCUT2D eigenvalue weighted by atomic mass is 28.3. The maximum absolute atomic E-state index is 3.09. The van der Waals surface area contributed by atoms with Crippen molar-refractivity contribution >= 4 is 149 Å². The van der Waals surface area contributed by atoms with Gasteiger partial charge in [-0.3, -0.25) is 0 Å². The highest BCUT2D eigenvalue weighted by Gasteiger charge is 2.54. The Morgan fingerprint density at radius 1 is 0.179 bits per heavy atom. The molecule has 8 heteroatoms. The number of rotatable bonds is 20. The molecule has 0 saturated carbocycles. The minimum absolute atomic E-state index is 0.573. The molecule has 0 aliphatic heterocycles. The van der Waals surface area contributed by atoms with Gasteiger partial charge in [0.1, 0.15) is 0 Å². The van der Waals surface area contributed by atoms with E-state index < -0.39 is 64.6 Å². The van der Waals surface area contributed by atoms with Crippen LogP contribution < -0.4 is 41.5 Å². The van der Waals surface area contributed by atoms with Gasteiger partial charge in [-0.05, 0) is 142 Å². The van der Waals surface area contributed by atoms with Crippen LogP contribution in [0.4, 0.5) is 0 Å². The van der Waals surface area contributed by atoms with Crippen molar-refractivity contribution in [2.45, 2.75) is 311 Å². The van der Waals surface area contributed by atoms with Crippen molar-refractivity contribution < 1.29 is 0 Å². The summed E-state index contributed by atoms with van der Waals surface area (Å²) in [5, 5.41) is 27.9. The first-order valence-electron chi connectivity index (χ1n) is 32.3. The average molecular weight is 1190 g/mol. The summed E-state index contributed by atoms with van der Waals surface area (Å²) in [5.74, 6) is 0. The van der Waals surface area contributed by atoms with Crippen molar-refractivity contribution in [1.82, 2.24) is 0 Å².